The van der Waals surface area contributed by atoms with Crippen LogP contribution in [0.2, 0.25) is 0 Å². The molecule has 122 valence electrons. The summed E-state index contributed by atoms with van der Waals surface area (Å²) < 4.78 is 0. The van der Waals surface area contributed by atoms with E-state index in [1.54, 1.807) is 12.4 Å². The standard InChI is InChI=1S/C19H25N3O/c1-14(2)10-16-13-22(9-8-21-16)17-5-6-18(19(23)11-17)15-4-3-7-20-12-15/h3-7,11-12,14,16,21,23H,8-10,13H2,1-2H3. The Morgan fingerprint density at radius 3 is 2.91 bits per heavy atom. The third-order valence-electron chi connectivity index (χ3n) is 4.33. The van der Waals surface area contributed by atoms with Crippen LogP contribution in [0, 0.1) is 5.92 Å². The van der Waals surface area contributed by atoms with Gasteiger partial charge in [0.1, 0.15) is 5.75 Å². The molecule has 1 aliphatic rings. The summed E-state index contributed by atoms with van der Waals surface area (Å²) in [6.07, 6.45) is 4.69. The number of phenols is 1. The molecule has 1 saturated heterocycles. The summed E-state index contributed by atoms with van der Waals surface area (Å²) in [7, 11) is 0. The smallest absolute Gasteiger partial charge is 0.125 e. The van der Waals surface area contributed by atoms with E-state index >= 15 is 0 Å². The number of benzene rings is 1. The first-order valence-corrected chi connectivity index (χ1v) is 8.35. The largest absolute Gasteiger partial charge is 0.507 e. The first-order valence-electron chi connectivity index (χ1n) is 8.35. The van der Waals surface area contributed by atoms with Gasteiger partial charge in [0, 0.05) is 61.0 Å². The molecule has 23 heavy (non-hydrogen) atoms. The van der Waals surface area contributed by atoms with Crippen molar-refractivity contribution in [2.24, 2.45) is 5.92 Å². The third-order valence-corrected chi connectivity index (χ3v) is 4.33. The van der Waals surface area contributed by atoms with Crippen LogP contribution < -0.4 is 10.2 Å². The van der Waals surface area contributed by atoms with Crippen molar-refractivity contribution in [1.82, 2.24) is 10.3 Å². The molecule has 1 aromatic heterocycles. The van der Waals surface area contributed by atoms with Gasteiger partial charge in [0.15, 0.2) is 0 Å². The lowest BCUT2D eigenvalue weighted by atomic mass is 10.0. The van der Waals surface area contributed by atoms with Crippen molar-refractivity contribution in [3.63, 3.8) is 0 Å². The second-order valence-electron chi connectivity index (χ2n) is 6.67. The van der Waals surface area contributed by atoms with Crippen molar-refractivity contribution >= 4 is 5.69 Å². The SMILES string of the molecule is CC(C)CC1CN(c2ccc(-c3cccnc3)c(O)c2)CCN1. The molecule has 2 N–H and O–H groups in total. The maximum absolute atomic E-state index is 10.4. The Morgan fingerprint density at radius 1 is 1.35 bits per heavy atom. The van der Waals surface area contributed by atoms with Crippen molar-refractivity contribution < 1.29 is 5.11 Å². The summed E-state index contributed by atoms with van der Waals surface area (Å²) in [5, 5.41) is 14.0. The Balaban J connectivity index is 1.77. The predicted molar refractivity (Wildman–Crippen MR) is 94.8 cm³/mol. The van der Waals surface area contributed by atoms with Gasteiger partial charge in [-0.3, -0.25) is 4.98 Å². The van der Waals surface area contributed by atoms with Gasteiger partial charge in [0.05, 0.1) is 0 Å². The second-order valence-corrected chi connectivity index (χ2v) is 6.67. The van der Waals surface area contributed by atoms with E-state index in [0.717, 1.165) is 36.4 Å². The van der Waals surface area contributed by atoms with Gasteiger partial charge in [-0.05, 0) is 30.5 Å². The highest BCUT2D eigenvalue weighted by Gasteiger charge is 2.21. The van der Waals surface area contributed by atoms with Crippen LogP contribution in [-0.4, -0.2) is 35.8 Å². The second kappa shape index (κ2) is 7.01. The van der Waals surface area contributed by atoms with E-state index in [1.165, 1.54) is 6.42 Å². The average Bonchev–Trinajstić information content (AvgIpc) is 2.55. The molecule has 4 heteroatoms. The number of aromatic nitrogens is 1. The van der Waals surface area contributed by atoms with Crippen molar-refractivity contribution in [1.29, 1.82) is 0 Å². The highest BCUT2D eigenvalue weighted by Crippen LogP contribution is 2.32. The van der Waals surface area contributed by atoms with E-state index in [1.807, 2.05) is 24.3 Å². The van der Waals surface area contributed by atoms with Crippen LogP contribution in [-0.2, 0) is 0 Å². The van der Waals surface area contributed by atoms with Crippen LogP contribution in [0.25, 0.3) is 11.1 Å². The number of pyridine rings is 1. The predicted octanol–water partition coefficient (Wildman–Crippen LogP) is 3.28. The molecule has 0 spiro atoms. The minimum atomic E-state index is 0.314. The van der Waals surface area contributed by atoms with E-state index < -0.39 is 0 Å². The summed E-state index contributed by atoms with van der Waals surface area (Å²) >= 11 is 0. The topological polar surface area (TPSA) is 48.4 Å². The van der Waals surface area contributed by atoms with Crippen LogP contribution in [0.4, 0.5) is 5.69 Å². The van der Waals surface area contributed by atoms with Crippen LogP contribution in [0.1, 0.15) is 20.3 Å². The minimum absolute atomic E-state index is 0.314. The van der Waals surface area contributed by atoms with Crippen LogP contribution in [0.5, 0.6) is 5.75 Å². The molecular weight excluding hydrogens is 286 g/mol. The summed E-state index contributed by atoms with van der Waals surface area (Å²) in [6, 6.07) is 10.3. The van der Waals surface area contributed by atoms with Crippen LogP contribution in [0.3, 0.4) is 0 Å². The number of phenolic OH excluding ortho intramolecular Hbond substituents is 1. The van der Waals surface area contributed by atoms with Gasteiger partial charge in [-0.15, -0.1) is 0 Å². The van der Waals surface area contributed by atoms with Gasteiger partial charge in [-0.2, -0.15) is 0 Å². The van der Waals surface area contributed by atoms with Crippen molar-refractivity contribution in [2.45, 2.75) is 26.3 Å². The van der Waals surface area contributed by atoms with Gasteiger partial charge < -0.3 is 15.3 Å². The minimum Gasteiger partial charge on any atom is -0.507 e. The van der Waals surface area contributed by atoms with Crippen molar-refractivity contribution in [2.75, 3.05) is 24.5 Å². The molecule has 2 heterocycles. The van der Waals surface area contributed by atoms with E-state index in [9.17, 15) is 5.11 Å². The molecule has 1 fully saturated rings. The summed E-state index contributed by atoms with van der Waals surface area (Å²) in [4.78, 5) is 6.48. The number of piperazine rings is 1. The summed E-state index contributed by atoms with van der Waals surface area (Å²) in [5.74, 6) is 1.00. The molecule has 2 aromatic rings. The lowest BCUT2D eigenvalue weighted by molar-refractivity contribution is 0.388. The number of nitrogens with one attached hydrogen (secondary N) is 1. The highest BCUT2D eigenvalue weighted by molar-refractivity contribution is 5.72. The molecule has 0 bridgehead atoms. The molecular formula is C19H25N3O. The molecule has 0 saturated carbocycles. The van der Waals surface area contributed by atoms with Gasteiger partial charge in [-0.1, -0.05) is 19.9 Å². The number of hydrogen-bond acceptors (Lipinski definition) is 4. The Bertz CT molecular complexity index is 642. The van der Waals surface area contributed by atoms with Crippen LogP contribution >= 0.6 is 0 Å². The molecule has 4 nitrogen and oxygen atoms in total. The quantitative estimate of drug-likeness (QED) is 0.910. The molecule has 1 atom stereocenters. The van der Waals surface area contributed by atoms with Gasteiger partial charge >= 0.3 is 0 Å². The zero-order valence-electron chi connectivity index (χ0n) is 13.9. The van der Waals surface area contributed by atoms with Gasteiger partial charge in [0.2, 0.25) is 0 Å². The van der Waals surface area contributed by atoms with Gasteiger partial charge in [-0.25, -0.2) is 0 Å². The number of rotatable bonds is 4. The Kier molecular flexibility index (Phi) is 4.82. The maximum atomic E-state index is 10.4. The third kappa shape index (κ3) is 3.82. The average molecular weight is 311 g/mol. The number of aromatic hydroxyl groups is 1. The van der Waals surface area contributed by atoms with E-state index in [2.05, 4.69) is 35.1 Å². The first kappa shape index (κ1) is 15.8. The van der Waals surface area contributed by atoms with Gasteiger partial charge in [0.25, 0.3) is 0 Å². The number of anilines is 1. The molecule has 0 amide bonds. The maximum Gasteiger partial charge on any atom is 0.125 e. The van der Waals surface area contributed by atoms with E-state index in [-0.39, 0.29) is 0 Å². The molecule has 1 aromatic carbocycles. The normalized spacial score (nSPS) is 18.4. The summed E-state index contributed by atoms with van der Waals surface area (Å²) in [6.45, 7) is 7.47. The lowest BCUT2D eigenvalue weighted by Crippen LogP contribution is -2.51. The van der Waals surface area contributed by atoms with E-state index in [4.69, 9.17) is 0 Å². The number of nitrogens with zero attached hydrogens (tertiary/aromatic N) is 2. The van der Waals surface area contributed by atoms with Crippen LogP contribution in [0.15, 0.2) is 42.7 Å². The fourth-order valence-electron chi connectivity index (χ4n) is 3.27. The molecule has 1 aliphatic heterocycles. The molecule has 0 aliphatic carbocycles. The Hall–Kier alpha value is -2.07. The molecule has 3 rings (SSSR count). The monoisotopic (exact) mass is 311 g/mol. The Morgan fingerprint density at radius 2 is 2.22 bits per heavy atom. The fraction of sp³-hybridized carbons (Fsp3) is 0.421. The fourth-order valence-corrected chi connectivity index (χ4v) is 3.27. The Labute approximate surface area is 138 Å². The lowest BCUT2D eigenvalue weighted by Gasteiger charge is -2.36. The first-order chi connectivity index (χ1) is 11.1. The van der Waals surface area contributed by atoms with E-state index in [0.29, 0.717) is 17.7 Å². The molecule has 0 radical (unpaired) electrons. The highest BCUT2D eigenvalue weighted by atomic mass is 16.3. The summed E-state index contributed by atoms with van der Waals surface area (Å²) in [5.41, 5.74) is 2.86. The molecule has 1 unspecified atom stereocenters. The zero-order chi connectivity index (χ0) is 16.2. The zero-order valence-corrected chi connectivity index (χ0v) is 13.9. The van der Waals surface area contributed by atoms with Crippen molar-refractivity contribution in [3.8, 4) is 16.9 Å². The number of hydrogen-bond donors (Lipinski definition) is 2. The van der Waals surface area contributed by atoms with Crippen molar-refractivity contribution in [3.05, 3.63) is 42.7 Å².